The third-order valence-electron chi connectivity index (χ3n) is 3.19. The maximum absolute atomic E-state index is 6.32. The summed E-state index contributed by atoms with van der Waals surface area (Å²) in [7, 11) is 3.26. The molecular formula is C15H13ClN2O2S. The molecule has 2 heterocycles. The first-order valence-corrected chi connectivity index (χ1v) is 7.53. The Bertz CT molecular complexity index is 817. The van der Waals surface area contributed by atoms with E-state index in [0.29, 0.717) is 11.0 Å². The van der Waals surface area contributed by atoms with Crippen molar-refractivity contribution >= 4 is 33.8 Å². The van der Waals surface area contributed by atoms with Gasteiger partial charge < -0.3 is 9.47 Å². The standard InChI is InChI=1S/C15H13ClN2O2S/c1-8-4-9(19-2)5-11-13(8)17-15(18-14(11)16)12-6-10(20-3)7-21-12/h4-7H,1-3H3. The van der Waals surface area contributed by atoms with Gasteiger partial charge in [0, 0.05) is 16.8 Å². The van der Waals surface area contributed by atoms with E-state index in [1.165, 1.54) is 11.3 Å². The molecule has 0 spiro atoms. The average Bonchev–Trinajstić information content (AvgIpc) is 2.96. The van der Waals surface area contributed by atoms with Gasteiger partial charge >= 0.3 is 0 Å². The molecule has 0 saturated carbocycles. The van der Waals surface area contributed by atoms with Crippen LogP contribution in [0.1, 0.15) is 5.56 Å². The van der Waals surface area contributed by atoms with Gasteiger partial charge in [-0.25, -0.2) is 9.97 Å². The molecule has 0 atom stereocenters. The van der Waals surface area contributed by atoms with Gasteiger partial charge in [-0.3, -0.25) is 0 Å². The minimum Gasteiger partial charge on any atom is -0.497 e. The van der Waals surface area contributed by atoms with E-state index < -0.39 is 0 Å². The van der Waals surface area contributed by atoms with Crippen LogP contribution in [0.2, 0.25) is 5.15 Å². The van der Waals surface area contributed by atoms with Crippen molar-refractivity contribution in [1.82, 2.24) is 9.97 Å². The summed E-state index contributed by atoms with van der Waals surface area (Å²) >= 11 is 7.85. The number of nitrogens with zero attached hydrogens (tertiary/aromatic N) is 2. The molecule has 0 unspecified atom stereocenters. The molecule has 3 rings (SSSR count). The molecule has 0 N–H and O–H groups in total. The first-order chi connectivity index (χ1) is 10.1. The molecule has 0 aliphatic heterocycles. The number of thiophene rings is 1. The molecular weight excluding hydrogens is 308 g/mol. The number of rotatable bonds is 3. The van der Waals surface area contributed by atoms with E-state index in [0.717, 1.165) is 32.8 Å². The van der Waals surface area contributed by atoms with E-state index in [9.17, 15) is 0 Å². The van der Waals surface area contributed by atoms with Crippen molar-refractivity contribution in [3.63, 3.8) is 0 Å². The zero-order valence-electron chi connectivity index (χ0n) is 11.8. The highest BCUT2D eigenvalue weighted by Gasteiger charge is 2.13. The van der Waals surface area contributed by atoms with Crippen molar-refractivity contribution in [2.45, 2.75) is 6.92 Å². The minimum atomic E-state index is 0.421. The second-order valence-electron chi connectivity index (χ2n) is 4.53. The Balaban J connectivity index is 2.20. The Hall–Kier alpha value is -1.85. The Labute approximate surface area is 131 Å². The summed E-state index contributed by atoms with van der Waals surface area (Å²) in [6, 6.07) is 5.69. The van der Waals surface area contributed by atoms with Crippen molar-refractivity contribution in [2.24, 2.45) is 0 Å². The summed E-state index contributed by atoms with van der Waals surface area (Å²) in [5, 5.41) is 3.13. The fourth-order valence-corrected chi connectivity index (χ4v) is 3.12. The first kappa shape index (κ1) is 14.1. The van der Waals surface area contributed by atoms with Gasteiger partial charge in [0.1, 0.15) is 16.7 Å². The van der Waals surface area contributed by atoms with Crippen LogP contribution < -0.4 is 9.47 Å². The molecule has 2 aromatic heterocycles. The summed E-state index contributed by atoms with van der Waals surface area (Å²) in [5.41, 5.74) is 1.83. The summed E-state index contributed by atoms with van der Waals surface area (Å²) in [4.78, 5) is 9.94. The average molecular weight is 321 g/mol. The zero-order valence-corrected chi connectivity index (χ0v) is 13.4. The fourth-order valence-electron chi connectivity index (χ4n) is 2.11. The molecule has 0 radical (unpaired) electrons. The van der Waals surface area contributed by atoms with Gasteiger partial charge in [-0.2, -0.15) is 0 Å². The molecule has 0 aliphatic rings. The van der Waals surface area contributed by atoms with Gasteiger partial charge in [0.25, 0.3) is 0 Å². The summed E-state index contributed by atoms with van der Waals surface area (Å²) in [5.74, 6) is 2.14. The molecule has 0 aliphatic carbocycles. The maximum Gasteiger partial charge on any atom is 0.171 e. The lowest BCUT2D eigenvalue weighted by molar-refractivity contribution is 0.415. The molecule has 108 valence electrons. The topological polar surface area (TPSA) is 44.2 Å². The minimum absolute atomic E-state index is 0.421. The van der Waals surface area contributed by atoms with Crippen molar-refractivity contribution in [2.75, 3.05) is 14.2 Å². The van der Waals surface area contributed by atoms with Crippen molar-refractivity contribution in [3.8, 4) is 22.2 Å². The largest absolute Gasteiger partial charge is 0.497 e. The van der Waals surface area contributed by atoms with Gasteiger partial charge in [0.15, 0.2) is 5.82 Å². The lowest BCUT2D eigenvalue weighted by Crippen LogP contribution is -1.94. The van der Waals surface area contributed by atoms with Crippen molar-refractivity contribution < 1.29 is 9.47 Å². The molecule has 6 heteroatoms. The van der Waals surface area contributed by atoms with Crippen LogP contribution in [-0.4, -0.2) is 24.2 Å². The number of fused-ring (bicyclic) bond motifs is 1. The number of aromatic nitrogens is 2. The molecule has 0 fully saturated rings. The van der Waals surface area contributed by atoms with Crippen LogP contribution in [0.5, 0.6) is 11.5 Å². The van der Waals surface area contributed by atoms with Crippen LogP contribution >= 0.6 is 22.9 Å². The third-order valence-corrected chi connectivity index (χ3v) is 4.38. The normalized spacial score (nSPS) is 10.9. The fraction of sp³-hybridized carbons (Fsp3) is 0.200. The van der Waals surface area contributed by atoms with Crippen LogP contribution in [0.25, 0.3) is 21.6 Å². The number of hydrogen-bond donors (Lipinski definition) is 0. The smallest absolute Gasteiger partial charge is 0.171 e. The molecule has 1 aromatic carbocycles. The monoisotopic (exact) mass is 320 g/mol. The number of benzene rings is 1. The third kappa shape index (κ3) is 2.54. The van der Waals surface area contributed by atoms with Crippen LogP contribution in [-0.2, 0) is 0 Å². The number of halogens is 1. The summed E-state index contributed by atoms with van der Waals surface area (Å²) in [6.45, 7) is 1.98. The molecule has 3 aromatic rings. The van der Waals surface area contributed by atoms with E-state index in [-0.39, 0.29) is 0 Å². The van der Waals surface area contributed by atoms with E-state index in [4.69, 9.17) is 21.1 Å². The van der Waals surface area contributed by atoms with E-state index in [1.54, 1.807) is 14.2 Å². The second kappa shape index (κ2) is 5.50. The van der Waals surface area contributed by atoms with Crippen LogP contribution in [0, 0.1) is 6.92 Å². The van der Waals surface area contributed by atoms with Gasteiger partial charge in [-0.05, 0) is 24.6 Å². The zero-order chi connectivity index (χ0) is 15.0. The number of hydrogen-bond acceptors (Lipinski definition) is 5. The molecule has 21 heavy (non-hydrogen) atoms. The van der Waals surface area contributed by atoms with Crippen LogP contribution in [0.4, 0.5) is 0 Å². The summed E-state index contributed by atoms with van der Waals surface area (Å²) < 4.78 is 10.5. The molecule has 0 bridgehead atoms. The molecule has 0 saturated heterocycles. The van der Waals surface area contributed by atoms with Crippen molar-refractivity contribution in [3.05, 3.63) is 34.3 Å². The number of aryl methyl sites for hydroxylation is 1. The van der Waals surface area contributed by atoms with Gasteiger partial charge in [0.05, 0.1) is 24.6 Å². The lowest BCUT2D eigenvalue weighted by atomic mass is 10.1. The molecule has 0 amide bonds. The maximum atomic E-state index is 6.32. The predicted octanol–water partition coefficient (Wildman–Crippen LogP) is 4.34. The van der Waals surface area contributed by atoms with Crippen LogP contribution in [0.3, 0.4) is 0 Å². The van der Waals surface area contributed by atoms with Gasteiger partial charge in [0.2, 0.25) is 0 Å². The van der Waals surface area contributed by atoms with E-state index in [1.807, 2.05) is 30.5 Å². The van der Waals surface area contributed by atoms with Crippen LogP contribution in [0.15, 0.2) is 23.6 Å². The number of methoxy groups -OCH3 is 2. The van der Waals surface area contributed by atoms with E-state index in [2.05, 4.69) is 9.97 Å². The van der Waals surface area contributed by atoms with Gasteiger partial charge in [-0.15, -0.1) is 11.3 Å². The highest BCUT2D eigenvalue weighted by molar-refractivity contribution is 7.13. The number of ether oxygens (including phenoxy) is 2. The first-order valence-electron chi connectivity index (χ1n) is 6.27. The Morgan fingerprint density at radius 3 is 2.48 bits per heavy atom. The highest BCUT2D eigenvalue weighted by atomic mass is 35.5. The summed E-state index contributed by atoms with van der Waals surface area (Å²) in [6.07, 6.45) is 0. The predicted molar refractivity (Wildman–Crippen MR) is 85.7 cm³/mol. The Kier molecular flexibility index (Phi) is 3.69. The Morgan fingerprint density at radius 2 is 1.81 bits per heavy atom. The van der Waals surface area contributed by atoms with Gasteiger partial charge in [-0.1, -0.05) is 11.6 Å². The highest BCUT2D eigenvalue weighted by Crippen LogP contribution is 2.33. The molecule has 4 nitrogen and oxygen atoms in total. The van der Waals surface area contributed by atoms with Crippen molar-refractivity contribution in [1.29, 1.82) is 0 Å². The second-order valence-corrected chi connectivity index (χ2v) is 5.80. The van der Waals surface area contributed by atoms with E-state index >= 15 is 0 Å². The lowest BCUT2D eigenvalue weighted by Gasteiger charge is -2.08. The Morgan fingerprint density at radius 1 is 1.05 bits per heavy atom. The SMILES string of the molecule is COc1csc(-c2nc(Cl)c3cc(OC)cc(C)c3n2)c1. The quantitative estimate of drug-likeness (QED) is 0.673.